The molecular weight excluding hydrogens is 380 g/mol. The molecule has 0 aliphatic heterocycles. The van der Waals surface area contributed by atoms with Gasteiger partial charge in [0.2, 0.25) is 0 Å². The van der Waals surface area contributed by atoms with Gasteiger partial charge in [-0.3, -0.25) is 9.59 Å². The number of carboxylic acid groups (broad SMARTS) is 2. The first kappa shape index (κ1) is 30.4. The fourth-order valence-electron chi connectivity index (χ4n) is 3.80. The summed E-state index contributed by atoms with van der Waals surface area (Å²) in [6.45, 7) is 4.42. The topological polar surface area (TPSA) is 74.6 Å². The summed E-state index contributed by atoms with van der Waals surface area (Å²) in [6.07, 6.45) is 19.7. The number of carbonyl (C=O) groups is 2. The summed E-state index contributed by atoms with van der Waals surface area (Å²) in [5, 5.41) is 18.3. The minimum absolute atomic E-state index is 0. The number of rotatable bonds is 20. The van der Waals surface area contributed by atoms with E-state index in [4.69, 9.17) is 10.2 Å². The summed E-state index contributed by atoms with van der Waals surface area (Å²) in [4.78, 5) is 22.4. The molecule has 0 rings (SSSR count). The average molecular weight is 427 g/mol. The van der Waals surface area contributed by atoms with E-state index in [1.807, 2.05) is 0 Å². The fraction of sp³-hybridized carbons (Fsp3) is 0.913. The molecule has 0 aromatic heterocycles. The molecule has 0 aromatic rings. The normalized spacial score (nSPS) is 12.0. The molecule has 0 amide bonds. The van der Waals surface area contributed by atoms with Crippen LogP contribution >= 0.6 is 0 Å². The van der Waals surface area contributed by atoms with E-state index in [1.165, 1.54) is 70.6 Å². The van der Waals surface area contributed by atoms with Gasteiger partial charge in [0.15, 0.2) is 5.92 Å². The van der Waals surface area contributed by atoms with Gasteiger partial charge in [0.05, 0.1) is 0 Å². The van der Waals surface area contributed by atoms with Crippen LogP contribution in [-0.4, -0.2) is 59.9 Å². The first-order chi connectivity index (χ1) is 13.0. The maximum absolute atomic E-state index is 11.2. The van der Waals surface area contributed by atoms with Gasteiger partial charge < -0.3 is 10.2 Å². The van der Waals surface area contributed by atoms with Crippen molar-refractivity contribution in [3.05, 3.63) is 0 Å². The van der Waals surface area contributed by atoms with Crippen LogP contribution in [0.3, 0.4) is 0 Å². The predicted octanol–water partition coefficient (Wildman–Crippen LogP) is 6.14. The predicted molar refractivity (Wildman–Crippen MR) is 121 cm³/mol. The van der Waals surface area contributed by atoms with E-state index < -0.39 is 17.9 Å². The molecule has 0 fully saturated rings. The first-order valence-electron chi connectivity index (χ1n) is 11.5. The molecule has 2 N–H and O–H groups in total. The van der Waals surface area contributed by atoms with Crippen molar-refractivity contribution in [1.29, 1.82) is 0 Å². The van der Waals surface area contributed by atoms with E-state index in [0.29, 0.717) is 0 Å². The molecule has 0 spiro atoms. The van der Waals surface area contributed by atoms with Crippen LogP contribution in [0.5, 0.6) is 0 Å². The molecule has 5 heteroatoms. The van der Waals surface area contributed by atoms with Gasteiger partial charge in [0.25, 0.3) is 0 Å². The quantitative estimate of drug-likeness (QED) is 0.139. The maximum atomic E-state index is 11.2. The van der Waals surface area contributed by atoms with Gasteiger partial charge in [-0.1, -0.05) is 117 Å². The van der Waals surface area contributed by atoms with Crippen molar-refractivity contribution in [3.8, 4) is 0 Å². The standard InChI is InChI=1S/C23H44O4.Ca.2H/c1-3-5-7-9-10-11-12-13-14-16-18-20(17-15-8-6-4-2)19-21(22(24)25)23(26)27;;;/h20-21H,3-19H2,1-2H3,(H,24,25)(H,26,27);;;. The van der Waals surface area contributed by atoms with Crippen LogP contribution < -0.4 is 0 Å². The molecule has 0 heterocycles. The molecule has 0 radical (unpaired) electrons. The van der Waals surface area contributed by atoms with Gasteiger partial charge in [-0.05, 0) is 12.3 Å². The van der Waals surface area contributed by atoms with Crippen molar-refractivity contribution in [2.45, 2.75) is 123 Å². The first-order valence-corrected chi connectivity index (χ1v) is 11.5. The van der Waals surface area contributed by atoms with E-state index in [-0.39, 0.29) is 50.1 Å². The van der Waals surface area contributed by atoms with E-state index in [0.717, 1.165) is 32.1 Å². The minimum atomic E-state index is -1.25. The Morgan fingerprint density at radius 1 is 0.607 bits per heavy atom. The third kappa shape index (κ3) is 18.2. The zero-order valence-electron chi connectivity index (χ0n) is 17.9. The monoisotopic (exact) mass is 426 g/mol. The van der Waals surface area contributed by atoms with Crippen LogP contribution in [0, 0.1) is 11.8 Å². The Morgan fingerprint density at radius 3 is 1.29 bits per heavy atom. The summed E-state index contributed by atoms with van der Waals surface area (Å²) in [5.41, 5.74) is 0. The van der Waals surface area contributed by atoms with Crippen molar-refractivity contribution >= 4 is 49.7 Å². The second kappa shape index (κ2) is 21.9. The van der Waals surface area contributed by atoms with E-state index >= 15 is 0 Å². The summed E-state index contributed by atoms with van der Waals surface area (Å²) in [5.74, 6) is -3.40. The van der Waals surface area contributed by atoms with Crippen LogP contribution in [0.4, 0.5) is 0 Å². The van der Waals surface area contributed by atoms with Crippen molar-refractivity contribution in [1.82, 2.24) is 0 Å². The average Bonchev–Trinajstić information content (AvgIpc) is 2.63. The van der Waals surface area contributed by atoms with Gasteiger partial charge in [0, 0.05) is 0 Å². The van der Waals surface area contributed by atoms with Crippen molar-refractivity contribution in [2.75, 3.05) is 0 Å². The third-order valence-corrected chi connectivity index (χ3v) is 5.60. The van der Waals surface area contributed by atoms with Crippen LogP contribution in [0.1, 0.15) is 123 Å². The summed E-state index contributed by atoms with van der Waals surface area (Å²) < 4.78 is 0. The molecule has 164 valence electrons. The Balaban J connectivity index is 0. The number of unbranched alkanes of at least 4 members (excludes halogenated alkanes) is 12. The summed E-state index contributed by atoms with van der Waals surface area (Å²) >= 11 is 0. The SMILES string of the molecule is CCCCCCCCCCCCC(CCCCCC)CC(C(=O)O)C(=O)O.[CaH2]. The molecule has 4 nitrogen and oxygen atoms in total. The van der Waals surface area contributed by atoms with Crippen molar-refractivity contribution in [2.24, 2.45) is 11.8 Å². The van der Waals surface area contributed by atoms with Gasteiger partial charge >= 0.3 is 49.7 Å². The molecule has 0 aliphatic rings. The summed E-state index contributed by atoms with van der Waals surface area (Å²) in [6, 6.07) is 0. The van der Waals surface area contributed by atoms with Crippen LogP contribution in [0.2, 0.25) is 0 Å². The molecular formula is C23H46CaO4. The zero-order valence-corrected chi connectivity index (χ0v) is 17.9. The molecule has 0 saturated carbocycles. The van der Waals surface area contributed by atoms with E-state index in [9.17, 15) is 9.59 Å². The molecule has 1 unspecified atom stereocenters. The van der Waals surface area contributed by atoms with Gasteiger partial charge in [-0.2, -0.15) is 0 Å². The van der Waals surface area contributed by atoms with Gasteiger partial charge in [-0.15, -0.1) is 0 Å². The Kier molecular flexibility index (Phi) is 23.8. The second-order valence-corrected chi connectivity index (χ2v) is 8.15. The zero-order chi connectivity index (χ0) is 20.3. The third-order valence-electron chi connectivity index (χ3n) is 5.60. The molecule has 0 aromatic carbocycles. The Hall–Kier alpha value is 0.200. The Morgan fingerprint density at radius 2 is 0.929 bits per heavy atom. The fourth-order valence-corrected chi connectivity index (χ4v) is 3.80. The second-order valence-electron chi connectivity index (χ2n) is 8.15. The van der Waals surface area contributed by atoms with Crippen LogP contribution in [-0.2, 0) is 9.59 Å². The van der Waals surface area contributed by atoms with Gasteiger partial charge in [0.1, 0.15) is 0 Å². The molecule has 0 aliphatic carbocycles. The number of carboxylic acids is 2. The molecule has 0 bridgehead atoms. The Bertz CT molecular complexity index is 360. The Labute approximate surface area is 203 Å². The molecule has 28 heavy (non-hydrogen) atoms. The number of hydrogen-bond acceptors (Lipinski definition) is 2. The number of hydrogen-bond donors (Lipinski definition) is 2. The van der Waals surface area contributed by atoms with Crippen LogP contribution in [0.25, 0.3) is 0 Å². The van der Waals surface area contributed by atoms with Gasteiger partial charge in [-0.25, -0.2) is 0 Å². The molecule has 1 atom stereocenters. The van der Waals surface area contributed by atoms with Crippen LogP contribution in [0.15, 0.2) is 0 Å². The van der Waals surface area contributed by atoms with E-state index in [1.54, 1.807) is 0 Å². The molecule has 0 saturated heterocycles. The number of aliphatic carboxylic acids is 2. The van der Waals surface area contributed by atoms with Crippen molar-refractivity contribution < 1.29 is 19.8 Å². The van der Waals surface area contributed by atoms with E-state index in [2.05, 4.69) is 13.8 Å². The summed E-state index contributed by atoms with van der Waals surface area (Å²) in [7, 11) is 0. The van der Waals surface area contributed by atoms with Crippen molar-refractivity contribution in [3.63, 3.8) is 0 Å².